The predicted molar refractivity (Wildman–Crippen MR) is 126 cm³/mol. The van der Waals surface area contributed by atoms with Crippen LogP contribution in [-0.4, -0.2) is 33.6 Å². The molecule has 0 bridgehead atoms. The molecule has 4 rings (SSSR count). The minimum absolute atomic E-state index is 0.108. The van der Waals surface area contributed by atoms with Crippen molar-refractivity contribution >= 4 is 28.5 Å². The van der Waals surface area contributed by atoms with Crippen LogP contribution in [0.15, 0.2) is 73.1 Å². The average molecular weight is 449 g/mol. The number of nitrogens with zero attached hydrogens (tertiary/aromatic N) is 3. The molecule has 0 aliphatic carbocycles. The lowest BCUT2D eigenvalue weighted by Crippen LogP contribution is -2.25. The third-order valence-electron chi connectivity index (χ3n) is 5.14. The van der Waals surface area contributed by atoms with Crippen molar-refractivity contribution in [2.45, 2.75) is 25.8 Å². The van der Waals surface area contributed by atoms with E-state index < -0.39 is 0 Å². The Hall–Kier alpha value is -3.38. The Morgan fingerprint density at radius 2 is 1.88 bits per heavy atom. The minimum atomic E-state index is -0.108. The van der Waals surface area contributed by atoms with E-state index in [1.165, 1.54) is 0 Å². The molecule has 2 aromatic heterocycles. The summed E-state index contributed by atoms with van der Waals surface area (Å²) >= 11 is 6.16. The van der Waals surface area contributed by atoms with Crippen molar-refractivity contribution in [3.8, 4) is 5.75 Å². The lowest BCUT2D eigenvalue weighted by atomic mass is 10.2. The number of halogens is 1. The largest absolute Gasteiger partial charge is 0.492 e. The fraction of sp³-hybridized carbons (Fsp3) is 0.240. The first-order valence-electron chi connectivity index (χ1n) is 10.7. The van der Waals surface area contributed by atoms with Crippen LogP contribution in [0.25, 0.3) is 11.0 Å². The molecule has 0 aliphatic rings. The highest BCUT2D eigenvalue weighted by atomic mass is 35.5. The van der Waals surface area contributed by atoms with Crippen molar-refractivity contribution in [2.24, 2.45) is 0 Å². The normalized spacial score (nSPS) is 10.9. The van der Waals surface area contributed by atoms with Gasteiger partial charge in [-0.15, -0.1) is 0 Å². The number of amides is 1. The molecular formula is C25H25ClN4O2. The highest BCUT2D eigenvalue weighted by Gasteiger charge is 2.11. The second kappa shape index (κ2) is 10.8. The monoisotopic (exact) mass is 448 g/mol. The minimum Gasteiger partial charge on any atom is -0.492 e. The zero-order valence-electron chi connectivity index (χ0n) is 17.7. The summed E-state index contributed by atoms with van der Waals surface area (Å²) in [6, 6.07) is 19.2. The van der Waals surface area contributed by atoms with Gasteiger partial charge in [-0.25, -0.2) is 4.98 Å². The van der Waals surface area contributed by atoms with E-state index in [1.807, 2.05) is 42.5 Å². The molecule has 0 fully saturated rings. The van der Waals surface area contributed by atoms with Gasteiger partial charge in [0.2, 0.25) is 0 Å². The van der Waals surface area contributed by atoms with Crippen LogP contribution in [0.1, 0.15) is 29.0 Å². The van der Waals surface area contributed by atoms with E-state index in [1.54, 1.807) is 24.5 Å². The van der Waals surface area contributed by atoms with Gasteiger partial charge in [0.05, 0.1) is 28.2 Å². The molecule has 2 heterocycles. The van der Waals surface area contributed by atoms with Gasteiger partial charge in [0, 0.05) is 31.9 Å². The Kier molecular flexibility index (Phi) is 7.35. The van der Waals surface area contributed by atoms with Gasteiger partial charge in [0.15, 0.2) is 0 Å². The van der Waals surface area contributed by atoms with Crippen LogP contribution in [0.3, 0.4) is 0 Å². The molecule has 2 aromatic carbocycles. The number of aryl methyl sites for hydroxylation is 2. The Balaban J connectivity index is 1.33. The maximum atomic E-state index is 12.2. The molecule has 6 nitrogen and oxygen atoms in total. The molecule has 0 atom stereocenters. The molecule has 0 saturated heterocycles. The number of pyridine rings is 1. The van der Waals surface area contributed by atoms with E-state index in [4.69, 9.17) is 21.3 Å². The zero-order valence-corrected chi connectivity index (χ0v) is 18.5. The summed E-state index contributed by atoms with van der Waals surface area (Å²) in [5, 5.41) is 3.57. The standard InChI is InChI=1S/C25H25ClN4O2/c26-20-9-1-4-12-23(20)32-17-7-16-30-22-11-3-2-10-21(22)29-24(30)13-6-15-28-25(31)19-8-5-14-27-18-19/h1-5,8-12,14,18H,6-7,13,15-17H2,(H,28,31). The predicted octanol–water partition coefficient (Wildman–Crippen LogP) is 4.92. The van der Waals surface area contributed by atoms with E-state index >= 15 is 0 Å². The topological polar surface area (TPSA) is 69.0 Å². The van der Waals surface area contributed by atoms with Crippen LogP contribution in [0.5, 0.6) is 5.75 Å². The van der Waals surface area contributed by atoms with Crippen LogP contribution in [0, 0.1) is 0 Å². The molecule has 1 N–H and O–H groups in total. The number of para-hydroxylation sites is 3. The molecule has 4 aromatic rings. The summed E-state index contributed by atoms with van der Waals surface area (Å²) in [5.74, 6) is 1.61. The van der Waals surface area contributed by atoms with Gasteiger partial charge in [-0.2, -0.15) is 0 Å². The summed E-state index contributed by atoms with van der Waals surface area (Å²) in [6.07, 6.45) is 5.62. The van der Waals surface area contributed by atoms with Crippen LogP contribution in [-0.2, 0) is 13.0 Å². The van der Waals surface area contributed by atoms with Crippen molar-refractivity contribution in [3.63, 3.8) is 0 Å². The molecule has 0 aliphatic heterocycles. The first-order valence-corrected chi connectivity index (χ1v) is 11.1. The highest BCUT2D eigenvalue weighted by Crippen LogP contribution is 2.23. The third kappa shape index (κ3) is 5.45. The Bertz CT molecular complexity index is 1180. The van der Waals surface area contributed by atoms with Gasteiger partial charge in [-0.1, -0.05) is 35.9 Å². The van der Waals surface area contributed by atoms with Crippen LogP contribution >= 0.6 is 11.6 Å². The van der Waals surface area contributed by atoms with Crippen molar-refractivity contribution in [3.05, 3.63) is 89.5 Å². The zero-order chi connectivity index (χ0) is 22.2. The second-order valence-electron chi connectivity index (χ2n) is 7.40. The van der Waals surface area contributed by atoms with Gasteiger partial charge >= 0.3 is 0 Å². The Morgan fingerprint density at radius 1 is 1.03 bits per heavy atom. The molecule has 164 valence electrons. The van der Waals surface area contributed by atoms with E-state index in [2.05, 4.69) is 20.9 Å². The van der Waals surface area contributed by atoms with Crippen molar-refractivity contribution < 1.29 is 9.53 Å². The molecule has 0 unspecified atom stereocenters. The number of carbonyl (C=O) groups is 1. The molecular weight excluding hydrogens is 424 g/mol. The summed E-state index contributed by atoms with van der Waals surface area (Å²) in [7, 11) is 0. The summed E-state index contributed by atoms with van der Waals surface area (Å²) in [6.45, 7) is 1.94. The SMILES string of the molecule is O=C(NCCCc1nc2ccccc2n1CCCOc1ccccc1Cl)c1cccnc1. The fourth-order valence-corrected chi connectivity index (χ4v) is 3.77. The van der Waals surface area contributed by atoms with Crippen LogP contribution in [0.4, 0.5) is 0 Å². The smallest absolute Gasteiger partial charge is 0.252 e. The van der Waals surface area contributed by atoms with Crippen LogP contribution in [0.2, 0.25) is 5.02 Å². The van der Waals surface area contributed by atoms with Crippen molar-refractivity contribution in [1.29, 1.82) is 0 Å². The highest BCUT2D eigenvalue weighted by molar-refractivity contribution is 6.32. The van der Waals surface area contributed by atoms with Gasteiger partial charge < -0.3 is 14.6 Å². The van der Waals surface area contributed by atoms with Gasteiger partial charge in [0.1, 0.15) is 11.6 Å². The number of ether oxygens (including phenoxy) is 1. The van der Waals surface area contributed by atoms with Crippen LogP contribution < -0.4 is 10.1 Å². The summed E-state index contributed by atoms with van der Waals surface area (Å²) in [5.41, 5.74) is 2.66. The van der Waals surface area contributed by atoms with Crippen molar-refractivity contribution in [1.82, 2.24) is 19.9 Å². The second-order valence-corrected chi connectivity index (χ2v) is 7.81. The number of carbonyl (C=O) groups excluding carboxylic acids is 1. The number of hydrogen-bond acceptors (Lipinski definition) is 4. The molecule has 1 amide bonds. The number of imidazole rings is 1. The van der Waals surface area contributed by atoms with Gasteiger partial charge in [-0.3, -0.25) is 9.78 Å². The van der Waals surface area contributed by atoms with E-state index in [9.17, 15) is 4.79 Å². The van der Waals surface area contributed by atoms with Gasteiger partial charge in [0.25, 0.3) is 5.91 Å². The van der Waals surface area contributed by atoms with Gasteiger partial charge in [-0.05, 0) is 49.2 Å². The fourth-order valence-electron chi connectivity index (χ4n) is 3.58. The summed E-state index contributed by atoms with van der Waals surface area (Å²) in [4.78, 5) is 21.0. The molecule has 0 saturated carbocycles. The van der Waals surface area contributed by atoms with Crippen molar-refractivity contribution in [2.75, 3.05) is 13.2 Å². The molecule has 0 spiro atoms. The average Bonchev–Trinajstić information content (AvgIpc) is 3.18. The number of rotatable bonds is 10. The first-order chi connectivity index (χ1) is 15.7. The van der Waals surface area contributed by atoms with E-state index in [0.29, 0.717) is 29.5 Å². The molecule has 7 heteroatoms. The van der Waals surface area contributed by atoms with E-state index in [-0.39, 0.29) is 5.91 Å². The molecule has 32 heavy (non-hydrogen) atoms. The quantitative estimate of drug-likeness (QED) is 0.350. The number of fused-ring (bicyclic) bond motifs is 1. The Morgan fingerprint density at radius 3 is 2.72 bits per heavy atom. The summed E-state index contributed by atoms with van der Waals surface area (Å²) < 4.78 is 8.08. The maximum absolute atomic E-state index is 12.2. The third-order valence-corrected chi connectivity index (χ3v) is 5.45. The first kappa shape index (κ1) is 21.8. The number of benzene rings is 2. The molecule has 0 radical (unpaired) electrons. The maximum Gasteiger partial charge on any atom is 0.252 e. The lowest BCUT2D eigenvalue weighted by molar-refractivity contribution is 0.0952. The number of hydrogen-bond donors (Lipinski definition) is 1. The Labute approximate surface area is 192 Å². The number of nitrogens with one attached hydrogen (secondary N) is 1. The lowest BCUT2D eigenvalue weighted by Gasteiger charge is -2.11. The number of aromatic nitrogens is 3. The van der Waals surface area contributed by atoms with E-state index in [0.717, 1.165) is 42.7 Å².